The molecule has 1 heterocycles. The summed E-state index contributed by atoms with van der Waals surface area (Å²) in [5.74, 6) is 0.131. The Hall–Kier alpha value is -1.12. The van der Waals surface area contributed by atoms with Gasteiger partial charge >= 0.3 is 6.18 Å². The lowest BCUT2D eigenvalue weighted by Gasteiger charge is -2.30. The molecule has 1 fully saturated rings. The summed E-state index contributed by atoms with van der Waals surface area (Å²) in [6.07, 6.45) is -3.75. The summed E-state index contributed by atoms with van der Waals surface area (Å²) >= 11 is 0. The second kappa shape index (κ2) is 5.94. The van der Waals surface area contributed by atoms with E-state index in [-0.39, 0.29) is 16.9 Å². The third-order valence-corrected chi connectivity index (χ3v) is 5.09. The molecule has 0 bridgehead atoms. The van der Waals surface area contributed by atoms with Gasteiger partial charge < -0.3 is 5.32 Å². The molecule has 1 aromatic rings. The summed E-state index contributed by atoms with van der Waals surface area (Å²) in [7, 11) is -3.97. The number of benzene rings is 1. The van der Waals surface area contributed by atoms with Crippen LogP contribution in [-0.4, -0.2) is 27.5 Å². The number of alkyl halides is 3. The second-order valence-electron chi connectivity index (χ2n) is 5.22. The highest BCUT2D eigenvalue weighted by molar-refractivity contribution is 7.89. The van der Waals surface area contributed by atoms with E-state index in [4.69, 9.17) is 0 Å². The van der Waals surface area contributed by atoms with Crippen molar-refractivity contribution in [2.45, 2.75) is 30.5 Å². The Morgan fingerprint density at radius 2 is 2.05 bits per heavy atom. The van der Waals surface area contributed by atoms with Crippen molar-refractivity contribution in [3.8, 4) is 0 Å². The van der Waals surface area contributed by atoms with Gasteiger partial charge in [0.2, 0.25) is 10.0 Å². The molecular formula is C13H17F3N2O2S. The van der Waals surface area contributed by atoms with Crippen molar-refractivity contribution in [1.29, 1.82) is 0 Å². The van der Waals surface area contributed by atoms with E-state index < -0.39 is 21.8 Å². The Morgan fingerprint density at radius 3 is 2.67 bits per heavy atom. The average molecular weight is 322 g/mol. The number of rotatable bonds is 3. The first-order valence-corrected chi connectivity index (χ1v) is 8.09. The summed E-state index contributed by atoms with van der Waals surface area (Å²) in [5.41, 5.74) is -0.972. The fraction of sp³-hybridized carbons (Fsp3) is 0.538. The van der Waals surface area contributed by atoms with Crippen LogP contribution in [0.1, 0.15) is 18.9 Å². The normalized spacial score (nSPS) is 24.0. The quantitative estimate of drug-likeness (QED) is 0.895. The van der Waals surface area contributed by atoms with Gasteiger partial charge in [-0.3, -0.25) is 0 Å². The van der Waals surface area contributed by atoms with Crippen LogP contribution in [0, 0.1) is 5.92 Å². The molecule has 0 radical (unpaired) electrons. The van der Waals surface area contributed by atoms with Crippen molar-refractivity contribution in [1.82, 2.24) is 10.0 Å². The molecule has 1 aromatic carbocycles. The highest BCUT2D eigenvalue weighted by Gasteiger charge is 2.32. The Labute approximate surface area is 121 Å². The van der Waals surface area contributed by atoms with E-state index >= 15 is 0 Å². The highest BCUT2D eigenvalue weighted by atomic mass is 32.2. The molecule has 8 heteroatoms. The number of sulfonamides is 1. The maximum Gasteiger partial charge on any atom is 0.416 e. The Morgan fingerprint density at radius 1 is 1.33 bits per heavy atom. The zero-order valence-electron chi connectivity index (χ0n) is 11.4. The molecule has 0 aromatic heterocycles. The minimum atomic E-state index is -4.56. The van der Waals surface area contributed by atoms with Crippen molar-refractivity contribution >= 4 is 10.0 Å². The SMILES string of the molecule is CC1CCNCC1NS(=O)(=O)c1cccc(C(F)(F)F)c1. The topological polar surface area (TPSA) is 58.2 Å². The first kappa shape index (κ1) is 16.3. The molecule has 0 amide bonds. The predicted octanol–water partition coefficient (Wildman–Crippen LogP) is 1.98. The van der Waals surface area contributed by atoms with Gasteiger partial charge in [-0.1, -0.05) is 13.0 Å². The smallest absolute Gasteiger partial charge is 0.315 e. The van der Waals surface area contributed by atoms with Crippen LogP contribution in [0.15, 0.2) is 29.2 Å². The maximum atomic E-state index is 12.7. The molecule has 0 aliphatic carbocycles. The van der Waals surface area contributed by atoms with Gasteiger partial charge in [-0.25, -0.2) is 13.1 Å². The fourth-order valence-corrected chi connectivity index (χ4v) is 3.64. The van der Waals surface area contributed by atoms with Gasteiger partial charge in [0.05, 0.1) is 10.5 Å². The lowest BCUT2D eigenvalue weighted by Crippen LogP contribution is -2.50. The van der Waals surface area contributed by atoms with Gasteiger partial charge in [-0.15, -0.1) is 0 Å². The van der Waals surface area contributed by atoms with Crippen LogP contribution < -0.4 is 10.0 Å². The lowest BCUT2D eigenvalue weighted by atomic mass is 9.96. The summed E-state index contributed by atoms with van der Waals surface area (Å²) in [5, 5.41) is 3.07. The van der Waals surface area contributed by atoms with Crippen LogP contribution in [0.2, 0.25) is 0 Å². The number of nitrogens with one attached hydrogen (secondary N) is 2. The number of hydrogen-bond donors (Lipinski definition) is 2. The molecular weight excluding hydrogens is 305 g/mol. The summed E-state index contributed by atoms with van der Waals surface area (Å²) in [6, 6.07) is 3.45. The summed E-state index contributed by atoms with van der Waals surface area (Å²) in [6.45, 7) is 3.20. The lowest BCUT2D eigenvalue weighted by molar-refractivity contribution is -0.137. The van der Waals surface area contributed by atoms with E-state index in [2.05, 4.69) is 10.0 Å². The third-order valence-electron chi connectivity index (χ3n) is 3.61. The van der Waals surface area contributed by atoms with Crippen molar-refractivity contribution in [3.05, 3.63) is 29.8 Å². The predicted molar refractivity (Wildman–Crippen MR) is 72.2 cm³/mol. The Balaban J connectivity index is 2.23. The van der Waals surface area contributed by atoms with Gasteiger partial charge in [0.1, 0.15) is 0 Å². The maximum absolute atomic E-state index is 12.7. The van der Waals surface area contributed by atoms with Crippen LogP contribution in [0.4, 0.5) is 13.2 Å². The van der Waals surface area contributed by atoms with Gasteiger partial charge in [0.25, 0.3) is 0 Å². The van der Waals surface area contributed by atoms with Crippen molar-refractivity contribution < 1.29 is 21.6 Å². The summed E-state index contributed by atoms with van der Waals surface area (Å²) < 4.78 is 64.9. The molecule has 2 atom stereocenters. The monoisotopic (exact) mass is 322 g/mol. The van der Waals surface area contributed by atoms with E-state index in [0.717, 1.165) is 25.1 Å². The van der Waals surface area contributed by atoms with Crippen LogP contribution >= 0.6 is 0 Å². The van der Waals surface area contributed by atoms with Gasteiger partial charge in [-0.05, 0) is 37.1 Å². The number of piperidine rings is 1. The molecule has 1 aliphatic heterocycles. The highest BCUT2D eigenvalue weighted by Crippen LogP contribution is 2.30. The molecule has 4 nitrogen and oxygen atoms in total. The van der Waals surface area contributed by atoms with Crippen molar-refractivity contribution in [2.24, 2.45) is 5.92 Å². The third kappa shape index (κ3) is 3.96. The fourth-order valence-electron chi connectivity index (χ4n) is 2.25. The standard InChI is InChI=1S/C13H17F3N2O2S/c1-9-5-6-17-8-12(9)18-21(19,20)11-4-2-3-10(7-11)13(14,15)16/h2-4,7,9,12,17-18H,5-6,8H2,1H3. The molecule has 118 valence electrons. The first-order valence-electron chi connectivity index (χ1n) is 6.60. The van der Waals surface area contributed by atoms with Crippen LogP contribution in [0.3, 0.4) is 0 Å². The van der Waals surface area contributed by atoms with Crippen molar-refractivity contribution in [3.63, 3.8) is 0 Å². The van der Waals surface area contributed by atoms with E-state index in [0.29, 0.717) is 12.6 Å². The van der Waals surface area contributed by atoms with Crippen molar-refractivity contribution in [2.75, 3.05) is 13.1 Å². The van der Waals surface area contributed by atoms with Crippen LogP contribution in [-0.2, 0) is 16.2 Å². The van der Waals surface area contributed by atoms with Crippen LogP contribution in [0.25, 0.3) is 0 Å². The molecule has 1 saturated heterocycles. The molecule has 1 aliphatic rings. The molecule has 21 heavy (non-hydrogen) atoms. The Bertz CT molecular complexity index is 602. The minimum Gasteiger partial charge on any atom is -0.315 e. The minimum absolute atomic E-state index is 0.131. The number of hydrogen-bond acceptors (Lipinski definition) is 3. The second-order valence-corrected chi connectivity index (χ2v) is 6.94. The molecule has 0 saturated carbocycles. The van der Waals surface area contributed by atoms with E-state index in [1.165, 1.54) is 6.07 Å². The van der Waals surface area contributed by atoms with Gasteiger partial charge in [0, 0.05) is 12.6 Å². The zero-order chi connectivity index (χ0) is 15.7. The molecule has 2 N–H and O–H groups in total. The molecule has 2 unspecified atom stereocenters. The van der Waals surface area contributed by atoms with E-state index in [1.54, 1.807) is 0 Å². The Kier molecular flexibility index (Phi) is 4.60. The molecule has 2 rings (SSSR count). The van der Waals surface area contributed by atoms with Gasteiger partial charge in [0.15, 0.2) is 0 Å². The van der Waals surface area contributed by atoms with E-state index in [1.807, 2.05) is 6.92 Å². The molecule has 0 spiro atoms. The first-order chi connectivity index (χ1) is 9.70. The summed E-state index contributed by atoms with van der Waals surface area (Å²) in [4.78, 5) is -0.366. The largest absolute Gasteiger partial charge is 0.416 e. The zero-order valence-corrected chi connectivity index (χ0v) is 12.3. The van der Waals surface area contributed by atoms with Gasteiger partial charge in [-0.2, -0.15) is 13.2 Å². The van der Waals surface area contributed by atoms with Crippen LogP contribution in [0.5, 0.6) is 0 Å². The number of halogens is 3. The van der Waals surface area contributed by atoms with E-state index in [9.17, 15) is 21.6 Å². The average Bonchev–Trinajstić information content (AvgIpc) is 2.40.